The van der Waals surface area contributed by atoms with Crippen LogP contribution in [0.25, 0.3) is 0 Å². The van der Waals surface area contributed by atoms with Gasteiger partial charge in [-0.05, 0) is 19.8 Å². The van der Waals surface area contributed by atoms with Gasteiger partial charge in [0.15, 0.2) is 5.13 Å². The summed E-state index contributed by atoms with van der Waals surface area (Å²) < 4.78 is 0. The van der Waals surface area contributed by atoms with Crippen LogP contribution in [0.4, 0.5) is 5.13 Å². The number of hydrogen-bond acceptors (Lipinski definition) is 5. The molecule has 6 heteroatoms. The highest BCUT2D eigenvalue weighted by Gasteiger charge is 2.37. The van der Waals surface area contributed by atoms with E-state index in [1.807, 2.05) is 0 Å². The number of carboxylic acid groups (broad SMARTS) is 1. The van der Waals surface area contributed by atoms with E-state index < -0.39 is 12.0 Å². The normalized spacial score (nSPS) is 19.6. The first kappa shape index (κ1) is 10.4. The van der Waals surface area contributed by atoms with Crippen LogP contribution in [0.1, 0.15) is 31.5 Å². The average molecular weight is 227 g/mol. The number of anilines is 1. The summed E-state index contributed by atoms with van der Waals surface area (Å²) in [6.07, 6.45) is 2.26. The van der Waals surface area contributed by atoms with Crippen molar-refractivity contribution in [1.82, 2.24) is 4.98 Å². The fourth-order valence-corrected chi connectivity index (χ4v) is 2.08. The second kappa shape index (κ2) is 3.46. The van der Waals surface area contributed by atoms with Crippen molar-refractivity contribution in [2.45, 2.75) is 31.3 Å². The number of thiazole rings is 1. The third-order valence-electron chi connectivity index (χ3n) is 2.52. The second-order valence-corrected chi connectivity index (χ2v) is 4.94. The molecule has 1 aromatic rings. The van der Waals surface area contributed by atoms with Gasteiger partial charge >= 0.3 is 5.97 Å². The zero-order valence-corrected chi connectivity index (χ0v) is 9.17. The van der Waals surface area contributed by atoms with E-state index in [9.17, 15) is 4.79 Å². The van der Waals surface area contributed by atoms with Gasteiger partial charge in [0.25, 0.3) is 0 Å². The van der Waals surface area contributed by atoms with Crippen LogP contribution in [-0.2, 0) is 4.79 Å². The molecule has 1 aliphatic carbocycles. The Balaban J connectivity index is 2.06. The minimum atomic E-state index is -1.05. The van der Waals surface area contributed by atoms with Crippen LogP contribution in [-0.4, -0.2) is 21.6 Å². The van der Waals surface area contributed by atoms with E-state index in [1.54, 1.807) is 5.38 Å². The molecule has 82 valence electrons. The molecule has 4 N–H and O–H groups in total. The summed E-state index contributed by atoms with van der Waals surface area (Å²) in [4.78, 5) is 14.8. The van der Waals surface area contributed by atoms with Crippen molar-refractivity contribution >= 4 is 22.4 Å². The summed E-state index contributed by atoms with van der Waals surface area (Å²) in [5.41, 5.74) is 6.02. The maximum atomic E-state index is 10.6. The van der Waals surface area contributed by atoms with Crippen molar-refractivity contribution in [3.63, 3.8) is 0 Å². The van der Waals surface area contributed by atoms with Gasteiger partial charge in [0, 0.05) is 10.9 Å². The molecule has 0 aliphatic heterocycles. The molecule has 0 saturated heterocycles. The van der Waals surface area contributed by atoms with Gasteiger partial charge in [0.05, 0.1) is 5.69 Å². The van der Waals surface area contributed by atoms with Crippen LogP contribution in [0, 0.1) is 0 Å². The van der Waals surface area contributed by atoms with Crippen LogP contribution >= 0.6 is 11.3 Å². The Morgan fingerprint density at radius 2 is 2.47 bits per heavy atom. The van der Waals surface area contributed by atoms with Gasteiger partial charge in [-0.2, -0.15) is 0 Å². The van der Waals surface area contributed by atoms with E-state index in [2.05, 4.69) is 17.2 Å². The number of nitrogens with one attached hydrogen (secondary N) is 1. The van der Waals surface area contributed by atoms with Crippen molar-refractivity contribution < 1.29 is 9.90 Å². The monoisotopic (exact) mass is 227 g/mol. The Morgan fingerprint density at radius 1 is 1.80 bits per heavy atom. The lowest BCUT2D eigenvalue weighted by atomic mass is 10.2. The van der Waals surface area contributed by atoms with Crippen LogP contribution in [0.3, 0.4) is 0 Å². The lowest BCUT2D eigenvalue weighted by Gasteiger charge is -2.08. The summed E-state index contributed by atoms with van der Waals surface area (Å²) >= 11 is 1.40. The number of aromatic nitrogens is 1. The molecule has 2 rings (SSSR count). The summed E-state index contributed by atoms with van der Waals surface area (Å²) in [6, 6.07) is -1.02. The molecular weight excluding hydrogens is 214 g/mol. The van der Waals surface area contributed by atoms with E-state index in [-0.39, 0.29) is 5.54 Å². The molecule has 1 aromatic heterocycles. The molecule has 1 fully saturated rings. The van der Waals surface area contributed by atoms with Crippen LogP contribution in [0.15, 0.2) is 5.38 Å². The van der Waals surface area contributed by atoms with E-state index in [0.717, 1.165) is 18.0 Å². The van der Waals surface area contributed by atoms with Crippen LogP contribution < -0.4 is 11.1 Å². The number of rotatable bonds is 4. The molecule has 1 atom stereocenters. The quantitative estimate of drug-likeness (QED) is 0.719. The van der Waals surface area contributed by atoms with Crippen LogP contribution in [0.5, 0.6) is 0 Å². The fourth-order valence-electron chi connectivity index (χ4n) is 1.18. The smallest absolute Gasteiger partial charge is 0.326 e. The fraction of sp³-hybridized carbons (Fsp3) is 0.556. The number of carbonyl (C=O) groups is 1. The highest BCUT2D eigenvalue weighted by Crippen LogP contribution is 2.38. The number of carboxylic acids is 1. The molecule has 0 bridgehead atoms. The molecule has 1 aliphatic rings. The lowest BCUT2D eigenvalue weighted by Crippen LogP contribution is -2.21. The minimum absolute atomic E-state index is 0.155. The Morgan fingerprint density at radius 3 is 3.00 bits per heavy atom. The summed E-state index contributed by atoms with van der Waals surface area (Å²) in [5, 5.41) is 14.4. The molecule has 1 saturated carbocycles. The molecule has 15 heavy (non-hydrogen) atoms. The van der Waals surface area contributed by atoms with Crippen molar-refractivity contribution in [2.24, 2.45) is 5.73 Å². The maximum absolute atomic E-state index is 10.6. The zero-order valence-electron chi connectivity index (χ0n) is 8.36. The third-order valence-corrected chi connectivity index (χ3v) is 3.29. The Bertz CT molecular complexity index is 386. The standard InChI is InChI=1S/C9H13N3O2S/c1-9(2-3-9)12-8-11-5(4-15-8)6(10)7(13)14/h4,6H,2-3,10H2,1H3,(H,11,12)(H,13,14). The van der Waals surface area contributed by atoms with Crippen molar-refractivity contribution in [2.75, 3.05) is 5.32 Å². The number of hydrogen-bond donors (Lipinski definition) is 3. The predicted octanol–water partition coefficient (Wildman–Crippen LogP) is 1.19. The third kappa shape index (κ3) is 2.27. The van der Waals surface area contributed by atoms with Gasteiger partial charge < -0.3 is 16.2 Å². The van der Waals surface area contributed by atoms with Crippen molar-refractivity contribution in [1.29, 1.82) is 0 Å². The first-order valence-electron chi connectivity index (χ1n) is 4.72. The lowest BCUT2D eigenvalue weighted by molar-refractivity contribution is -0.138. The summed E-state index contributed by atoms with van der Waals surface area (Å²) in [6.45, 7) is 2.12. The topological polar surface area (TPSA) is 88.2 Å². The van der Waals surface area contributed by atoms with Gasteiger partial charge in [-0.25, -0.2) is 4.98 Å². The largest absolute Gasteiger partial charge is 0.480 e. The molecule has 0 aromatic carbocycles. The van der Waals surface area contributed by atoms with Gasteiger partial charge in [0.1, 0.15) is 6.04 Å². The van der Waals surface area contributed by atoms with E-state index in [0.29, 0.717) is 5.69 Å². The molecule has 0 spiro atoms. The molecule has 1 unspecified atom stereocenters. The summed E-state index contributed by atoms with van der Waals surface area (Å²) in [7, 11) is 0. The Labute approximate surface area is 91.3 Å². The summed E-state index contributed by atoms with van der Waals surface area (Å²) in [5.74, 6) is -1.05. The maximum Gasteiger partial charge on any atom is 0.326 e. The van der Waals surface area contributed by atoms with E-state index >= 15 is 0 Å². The highest BCUT2D eigenvalue weighted by atomic mass is 32.1. The van der Waals surface area contributed by atoms with Crippen LogP contribution in [0.2, 0.25) is 0 Å². The first-order chi connectivity index (χ1) is 7.00. The zero-order chi connectivity index (χ0) is 11.1. The van der Waals surface area contributed by atoms with Gasteiger partial charge in [-0.1, -0.05) is 0 Å². The molecule has 1 heterocycles. The number of nitrogens with two attached hydrogens (primary N) is 1. The number of nitrogens with zero attached hydrogens (tertiary/aromatic N) is 1. The SMILES string of the molecule is CC1(Nc2nc(C(N)C(=O)O)cs2)CC1. The minimum Gasteiger partial charge on any atom is -0.480 e. The number of aliphatic carboxylic acids is 1. The van der Waals surface area contributed by atoms with Crippen molar-refractivity contribution in [3.05, 3.63) is 11.1 Å². The molecule has 5 nitrogen and oxygen atoms in total. The Hall–Kier alpha value is -1.14. The second-order valence-electron chi connectivity index (χ2n) is 4.08. The Kier molecular flexibility index (Phi) is 2.40. The van der Waals surface area contributed by atoms with E-state index in [4.69, 9.17) is 10.8 Å². The predicted molar refractivity (Wildman–Crippen MR) is 57.9 cm³/mol. The average Bonchev–Trinajstić information content (AvgIpc) is 2.72. The molecule has 0 radical (unpaired) electrons. The van der Waals surface area contributed by atoms with E-state index in [1.165, 1.54) is 11.3 Å². The van der Waals surface area contributed by atoms with Gasteiger partial charge in [0.2, 0.25) is 0 Å². The highest BCUT2D eigenvalue weighted by molar-refractivity contribution is 7.13. The first-order valence-corrected chi connectivity index (χ1v) is 5.60. The molecular formula is C9H13N3O2S. The molecule has 0 amide bonds. The van der Waals surface area contributed by atoms with Crippen molar-refractivity contribution in [3.8, 4) is 0 Å². The van der Waals surface area contributed by atoms with Gasteiger partial charge in [-0.3, -0.25) is 4.79 Å². The van der Waals surface area contributed by atoms with Gasteiger partial charge in [-0.15, -0.1) is 11.3 Å².